The van der Waals surface area contributed by atoms with Crippen LogP contribution in [-0.4, -0.2) is 53.8 Å². The van der Waals surface area contributed by atoms with E-state index in [1.54, 1.807) is 12.3 Å². The Morgan fingerprint density at radius 3 is 2.69 bits per heavy atom. The van der Waals surface area contributed by atoms with Crippen molar-refractivity contribution in [3.05, 3.63) is 12.3 Å². The van der Waals surface area contributed by atoms with Crippen molar-refractivity contribution in [1.29, 1.82) is 0 Å². The Hall–Kier alpha value is -2.07. The number of carbonyl (C=O) groups excluding carboxylic acids is 1. The van der Waals surface area contributed by atoms with Gasteiger partial charge in [-0.3, -0.25) is 4.79 Å². The van der Waals surface area contributed by atoms with Crippen molar-refractivity contribution in [2.75, 3.05) is 13.2 Å². The van der Waals surface area contributed by atoms with Crippen LogP contribution in [0.1, 0.15) is 39.5 Å². The fraction of sp³-hybridized carbons (Fsp3) is 0.632. The molecule has 1 amide bonds. The zero-order valence-electron chi connectivity index (χ0n) is 16.4. The van der Waals surface area contributed by atoms with Gasteiger partial charge in [-0.2, -0.15) is 0 Å². The van der Waals surface area contributed by atoms with Crippen molar-refractivity contribution in [3.63, 3.8) is 0 Å². The smallest absolute Gasteiger partial charge is 0.274 e. The SMILES string of the molecule is CC(=O)N[C@@H](C)COC1CCC(Oc2cc3sc(OCC(F)F)nc3cn2)CC1. The van der Waals surface area contributed by atoms with Gasteiger partial charge < -0.3 is 19.5 Å². The second-order valence-corrected chi connectivity index (χ2v) is 8.12. The minimum absolute atomic E-state index is 0.00799. The maximum Gasteiger partial charge on any atom is 0.274 e. The van der Waals surface area contributed by atoms with E-state index >= 15 is 0 Å². The molecule has 2 aromatic rings. The first-order chi connectivity index (χ1) is 13.9. The summed E-state index contributed by atoms with van der Waals surface area (Å²) < 4.78 is 42.1. The Balaban J connectivity index is 1.46. The average Bonchev–Trinajstić information content (AvgIpc) is 3.07. The molecule has 2 heterocycles. The molecule has 0 spiro atoms. The minimum atomic E-state index is -2.54. The molecule has 3 rings (SSSR count). The maximum atomic E-state index is 12.3. The molecule has 0 saturated heterocycles. The number of rotatable bonds is 9. The third-order valence-electron chi connectivity index (χ3n) is 4.50. The van der Waals surface area contributed by atoms with Gasteiger partial charge in [0.1, 0.15) is 11.6 Å². The Bertz CT molecular complexity index is 812. The number of alkyl halides is 2. The third-order valence-corrected chi connectivity index (χ3v) is 5.43. The second-order valence-electron chi connectivity index (χ2n) is 7.12. The van der Waals surface area contributed by atoms with E-state index in [0.717, 1.165) is 30.4 Å². The van der Waals surface area contributed by atoms with Crippen LogP contribution < -0.4 is 14.8 Å². The van der Waals surface area contributed by atoms with Crippen molar-refractivity contribution in [2.24, 2.45) is 0 Å². The molecule has 1 N–H and O–H groups in total. The average molecular weight is 429 g/mol. The Labute approximate surface area is 171 Å². The minimum Gasteiger partial charge on any atom is -0.474 e. The monoisotopic (exact) mass is 429 g/mol. The van der Waals surface area contributed by atoms with E-state index in [2.05, 4.69) is 15.3 Å². The lowest BCUT2D eigenvalue weighted by atomic mass is 9.95. The van der Waals surface area contributed by atoms with Crippen molar-refractivity contribution in [1.82, 2.24) is 15.3 Å². The van der Waals surface area contributed by atoms with Gasteiger partial charge in [-0.15, -0.1) is 0 Å². The lowest BCUT2D eigenvalue weighted by Gasteiger charge is -2.29. The maximum absolute atomic E-state index is 12.3. The zero-order chi connectivity index (χ0) is 20.8. The van der Waals surface area contributed by atoms with Crippen molar-refractivity contribution in [3.8, 4) is 11.1 Å². The highest BCUT2D eigenvalue weighted by Crippen LogP contribution is 2.31. The first-order valence-electron chi connectivity index (χ1n) is 9.62. The van der Waals surface area contributed by atoms with E-state index in [-0.39, 0.29) is 29.4 Å². The summed E-state index contributed by atoms with van der Waals surface area (Å²) in [6.45, 7) is 3.23. The summed E-state index contributed by atoms with van der Waals surface area (Å²) in [6.07, 6.45) is 2.71. The van der Waals surface area contributed by atoms with Crippen LogP contribution in [0, 0.1) is 0 Å². The molecule has 1 fully saturated rings. The zero-order valence-corrected chi connectivity index (χ0v) is 17.2. The first kappa shape index (κ1) is 21.6. The summed E-state index contributed by atoms with van der Waals surface area (Å²) in [4.78, 5) is 19.4. The quantitative estimate of drug-likeness (QED) is 0.656. The number of nitrogens with one attached hydrogen (secondary N) is 1. The molecule has 160 valence electrons. The number of nitrogens with zero attached hydrogens (tertiary/aromatic N) is 2. The largest absolute Gasteiger partial charge is 0.474 e. The van der Waals surface area contributed by atoms with Crippen LogP contribution in [0.5, 0.6) is 11.1 Å². The van der Waals surface area contributed by atoms with Crippen LogP contribution in [0.3, 0.4) is 0 Å². The van der Waals surface area contributed by atoms with E-state index in [9.17, 15) is 13.6 Å². The first-order valence-corrected chi connectivity index (χ1v) is 10.4. The van der Waals surface area contributed by atoms with Gasteiger partial charge in [0.05, 0.1) is 23.6 Å². The molecule has 0 radical (unpaired) electrons. The van der Waals surface area contributed by atoms with Crippen molar-refractivity contribution >= 4 is 27.5 Å². The summed E-state index contributed by atoms with van der Waals surface area (Å²) in [7, 11) is 0. The molecular weight excluding hydrogens is 404 g/mol. The van der Waals surface area contributed by atoms with Crippen LogP contribution in [0.2, 0.25) is 0 Å². The van der Waals surface area contributed by atoms with Gasteiger partial charge in [-0.05, 0) is 32.6 Å². The number of pyridine rings is 1. The number of thiazole rings is 1. The molecule has 29 heavy (non-hydrogen) atoms. The van der Waals surface area contributed by atoms with Crippen LogP contribution in [0.15, 0.2) is 12.3 Å². The molecule has 1 atom stereocenters. The van der Waals surface area contributed by atoms with E-state index in [4.69, 9.17) is 14.2 Å². The van der Waals surface area contributed by atoms with Gasteiger partial charge in [0.2, 0.25) is 11.8 Å². The Morgan fingerprint density at radius 2 is 2.00 bits per heavy atom. The van der Waals surface area contributed by atoms with Crippen molar-refractivity contribution in [2.45, 2.75) is 64.2 Å². The molecule has 1 saturated carbocycles. The number of carbonyl (C=O) groups is 1. The standard InChI is InChI=1S/C19H25F2N3O4S/c1-11(23-12(2)25)9-26-13-3-5-14(6-4-13)28-18-7-16-15(8-22-18)24-19(29-16)27-10-17(20)21/h7-8,11,13-14,17H,3-6,9-10H2,1-2H3,(H,23,25)/t11-,13?,14?/m0/s1. The van der Waals surface area contributed by atoms with E-state index in [1.165, 1.54) is 18.3 Å². The van der Waals surface area contributed by atoms with Gasteiger partial charge in [-0.25, -0.2) is 18.7 Å². The molecule has 2 aromatic heterocycles. The summed E-state index contributed by atoms with van der Waals surface area (Å²) >= 11 is 1.19. The number of aromatic nitrogens is 2. The van der Waals surface area contributed by atoms with Crippen LogP contribution in [-0.2, 0) is 9.53 Å². The highest BCUT2D eigenvalue weighted by molar-refractivity contribution is 7.20. The normalized spacial score (nSPS) is 20.6. The molecule has 7 nitrogen and oxygen atoms in total. The van der Waals surface area contributed by atoms with Gasteiger partial charge in [0.15, 0.2) is 6.61 Å². The molecule has 0 aromatic carbocycles. The van der Waals surface area contributed by atoms with E-state index < -0.39 is 13.0 Å². The van der Waals surface area contributed by atoms with Gasteiger partial charge in [0.25, 0.3) is 11.6 Å². The van der Waals surface area contributed by atoms with Gasteiger partial charge in [0, 0.05) is 19.0 Å². The topological polar surface area (TPSA) is 82.6 Å². The number of hydrogen-bond acceptors (Lipinski definition) is 7. The molecular formula is C19H25F2N3O4S. The number of ether oxygens (including phenoxy) is 3. The number of fused-ring (bicyclic) bond motifs is 1. The summed E-state index contributed by atoms with van der Waals surface area (Å²) in [5.74, 6) is 0.432. The Morgan fingerprint density at radius 1 is 1.28 bits per heavy atom. The van der Waals surface area contributed by atoms with Gasteiger partial charge in [-0.1, -0.05) is 11.3 Å². The van der Waals surface area contributed by atoms with Crippen LogP contribution >= 0.6 is 11.3 Å². The van der Waals surface area contributed by atoms with E-state index in [1.807, 2.05) is 6.92 Å². The molecule has 1 aliphatic rings. The highest BCUT2D eigenvalue weighted by atomic mass is 32.1. The highest BCUT2D eigenvalue weighted by Gasteiger charge is 2.24. The lowest BCUT2D eigenvalue weighted by molar-refractivity contribution is -0.120. The van der Waals surface area contributed by atoms with Gasteiger partial charge >= 0.3 is 0 Å². The second kappa shape index (κ2) is 10.1. The summed E-state index contributed by atoms with van der Waals surface area (Å²) in [6, 6.07) is 1.76. The predicted octanol–water partition coefficient (Wildman–Crippen LogP) is 3.57. The van der Waals surface area contributed by atoms with Crippen LogP contribution in [0.25, 0.3) is 10.2 Å². The van der Waals surface area contributed by atoms with Crippen molar-refractivity contribution < 1.29 is 27.8 Å². The molecule has 0 bridgehead atoms. The number of hydrogen-bond donors (Lipinski definition) is 1. The summed E-state index contributed by atoms with van der Waals surface area (Å²) in [5.41, 5.74) is 0.594. The molecule has 10 heteroatoms. The Kier molecular flexibility index (Phi) is 7.54. The fourth-order valence-corrected chi connectivity index (χ4v) is 4.03. The molecule has 0 aliphatic heterocycles. The van der Waals surface area contributed by atoms with E-state index in [0.29, 0.717) is 18.0 Å². The summed E-state index contributed by atoms with van der Waals surface area (Å²) in [5, 5.41) is 3.01. The lowest BCUT2D eigenvalue weighted by Crippen LogP contribution is -2.36. The predicted molar refractivity (Wildman–Crippen MR) is 105 cm³/mol. The third kappa shape index (κ3) is 6.74. The number of amides is 1. The number of halogens is 2. The molecule has 1 aliphatic carbocycles. The fourth-order valence-electron chi connectivity index (χ4n) is 3.21. The van der Waals surface area contributed by atoms with Crippen LogP contribution in [0.4, 0.5) is 8.78 Å². The molecule has 0 unspecified atom stereocenters.